The van der Waals surface area contributed by atoms with Crippen LogP contribution < -0.4 is 10.2 Å². The van der Waals surface area contributed by atoms with Crippen LogP contribution in [0.25, 0.3) is 0 Å². The minimum atomic E-state index is 0. The number of hydrogen-bond donors (Lipinski definition) is 1. The largest absolute Gasteiger partial charge is 0.374 e. The molecule has 3 rings (SSSR count). The van der Waals surface area contributed by atoms with E-state index in [0.717, 1.165) is 63.0 Å². The molecule has 1 aromatic rings. The van der Waals surface area contributed by atoms with Crippen LogP contribution in [0.2, 0.25) is 0 Å². The van der Waals surface area contributed by atoms with Gasteiger partial charge in [0.05, 0.1) is 0 Å². The van der Waals surface area contributed by atoms with Crippen molar-refractivity contribution in [3.63, 3.8) is 0 Å². The molecule has 0 bridgehead atoms. The lowest BCUT2D eigenvalue weighted by Crippen LogP contribution is -2.32. The monoisotopic (exact) mass is 401 g/mol. The summed E-state index contributed by atoms with van der Waals surface area (Å²) in [6.45, 7) is 9.52. The second-order valence-electron chi connectivity index (χ2n) is 7.87. The Labute approximate surface area is 170 Å². The summed E-state index contributed by atoms with van der Waals surface area (Å²) in [6.07, 6.45) is 2.28. The van der Waals surface area contributed by atoms with Crippen molar-refractivity contribution in [2.75, 3.05) is 44.7 Å². The van der Waals surface area contributed by atoms with Crippen molar-refractivity contribution in [2.24, 2.45) is 17.8 Å². The standard InChI is InChI=1S/C20H31N3O.2ClH/c1-15(2)14-22(3)19-6-4-16(5-7-19)20(24)23-10-8-17-12-21-13-18(17)9-11-23;;/h4-7,15,17-18,21H,8-14H2,1-3H3;2*1H/t17-,18+;;. The first-order chi connectivity index (χ1) is 11.5. The lowest BCUT2D eigenvalue weighted by atomic mass is 9.92. The third-order valence-corrected chi connectivity index (χ3v) is 5.50. The fraction of sp³-hybridized carbons (Fsp3) is 0.650. The average Bonchev–Trinajstić information content (AvgIpc) is 2.92. The number of fused-ring (bicyclic) bond motifs is 1. The van der Waals surface area contributed by atoms with Gasteiger partial charge in [0.15, 0.2) is 0 Å². The van der Waals surface area contributed by atoms with Crippen LogP contribution in [0, 0.1) is 17.8 Å². The fourth-order valence-electron chi connectivity index (χ4n) is 4.12. The summed E-state index contributed by atoms with van der Waals surface area (Å²) in [7, 11) is 2.11. The summed E-state index contributed by atoms with van der Waals surface area (Å²) in [6, 6.07) is 8.13. The highest BCUT2D eigenvalue weighted by atomic mass is 35.5. The number of anilines is 1. The smallest absolute Gasteiger partial charge is 0.253 e. The van der Waals surface area contributed by atoms with Crippen molar-refractivity contribution in [3.05, 3.63) is 29.8 Å². The zero-order valence-corrected chi connectivity index (χ0v) is 17.7. The molecule has 0 unspecified atom stereocenters. The Morgan fingerprint density at radius 1 is 1.12 bits per heavy atom. The summed E-state index contributed by atoms with van der Waals surface area (Å²) in [4.78, 5) is 17.1. The summed E-state index contributed by atoms with van der Waals surface area (Å²) in [5, 5.41) is 3.49. The molecule has 148 valence electrons. The number of benzene rings is 1. The van der Waals surface area contributed by atoms with Crippen LogP contribution in [0.3, 0.4) is 0 Å². The van der Waals surface area contributed by atoms with E-state index in [-0.39, 0.29) is 30.7 Å². The first-order valence-electron chi connectivity index (χ1n) is 9.35. The summed E-state index contributed by atoms with van der Waals surface area (Å²) < 4.78 is 0. The van der Waals surface area contributed by atoms with Gasteiger partial charge < -0.3 is 15.1 Å². The zero-order valence-electron chi connectivity index (χ0n) is 16.1. The van der Waals surface area contributed by atoms with Gasteiger partial charge in [-0.15, -0.1) is 24.8 Å². The molecule has 26 heavy (non-hydrogen) atoms. The number of nitrogens with one attached hydrogen (secondary N) is 1. The van der Waals surface area contributed by atoms with E-state index in [1.165, 1.54) is 5.69 Å². The Bertz CT molecular complexity index is 551. The van der Waals surface area contributed by atoms with E-state index < -0.39 is 0 Å². The van der Waals surface area contributed by atoms with Gasteiger partial charge >= 0.3 is 0 Å². The quantitative estimate of drug-likeness (QED) is 0.835. The maximum atomic E-state index is 12.8. The number of halogens is 2. The molecule has 1 amide bonds. The van der Waals surface area contributed by atoms with Crippen LogP contribution >= 0.6 is 24.8 Å². The minimum absolute atomic E-state index is 0. The molecule has 2 heterocycles. The van der Waals surface area contributed by atoms with Gasteiger partial charge in [-0.1, -0.05) is 13.8 Å². The van der Waals surface area contributed by atoms with E-state index in [4.69, 9.17) is 0 Å². The molecule has 0 aromatic heterocycles. The molecule has 2 aliphatic heterocycles. The van der Waals surface area contributed by atoms with Crippen LogP contribution in [0.1, 0.15) is 37.0 Å². The highest BCUT2D eigenvalue weighted by molar-refractivity contribution is 5.94. The number of likely N-dealkylation sites (tertiary alicyclic amines) is 1. The Morgan fingerprint density at radius 3 is 2.15 bits per heavy atom. The normalized spacial score (nSPS) is 22.1. The Kier molecular flexibility index (Phi) is 9.22. The number of carbonyl (C=O) groups is 1. The molecule has 0 spiro atoms. The van der Waals surface area contributed by atoms with Crippen molar-refractivity contribution in [1.82, 2.24) is 10.2 Å². The summed E-state index contributed by atoms with van der Waals surface area (Å²) >= 11 is 0. The SMILES string of the molecule is CC(C)CN(C)c1ccc(C(=O)N2CC[C@@H]3CNC[C@@H]3CC2)cc1.Cl.Cl. The van der Waals surface area contributed by atoms with Gasteiger partial charge in [0.1, 0.15) is 0 Å². The molecule has 2 atom stereocenters. The Balaban J connectivity index is 0.00000169. The molecule has 2 aliphatic rings. The predicted molar refractivity (Wildman–Crippen MR) is 114 cm³/mol. The number of rotatable bonds is 4. The van der Waals surface area contributed by atoms with Gasteiger partial charge in [-0.3, -0.25) is 4.79 Å². The van der Waals surface area contributed by atoms with Crippen LogP contribution in [0.15, 0.2) is 24.3 Å². The lowest BCUT2D eigenvalue weighted by molar-refractivity contribution is 0.0758. The van der Waals surface area contributed by atoms with Gasteiger partial charge in [0.25, 0.3) is 5.91 Å². The predicted octanol–water partition coefficient (Wildman–Crippen LogP) is 3.69. The topological polar surface area (TPSA) is 35.6 Å². The molecule has 1 N–H and O–H groups in total. The highest BCUT2D eigenvalue weighted by Gasteiger charge is 2.31. The van der Waals surface area contributed by atoms with Crippen molar-refractivity contribution in [3.8, 4) is 0 Å². The second kappa shape index (κ2) is 10.4. The number of nitrogens with zero attached hydrogens (tertiary/aromatic N) is 2. The third kappa shape index (κ3) is 5.51. The van der Waals surface area contributed by atoms with Crippen molar-refractivity contribution >= 4 is 36.4 Å². The zero-order chi connectivity index (χ0) is 17.1. The molecular weight excluding hydrogens is 369 g/mol. The number of carbonyl (C=O) groups excluding carboxylic acids is 1. The Hall–Kier alpha value is -0.970. The van der Waals surface area contributed by atoms with E-state index in [2.05, 4.69) is 48.1 Å². The molecule has 0 aliphatic carbocycles. The van der Waals surface area contributed by atoms with Crippen LogP contribution in [0.4, 0.5) is 5.69 Å². The first-order valence-corrected chi connectivity index (χ1v) is 9.35. The molecule has 6 heteroatoms. The molecule has 0 saturated carbocycles. The molecular formula is C20H33Cl2N3O. The summed E-state index contributed by atoms with van der Waals surface area (Å²) in [5.41, 5.74) is 2.00. The van der Waals surface area contributed by atoms with E-state index >= 15 is 0 Å². The van der Waals surface area contributed by atoms with E-state index in [0.29, 0.717) is 5.92 Å². The van der Waals surface area contributed by atoms with Gasteiger partial charge in [-0.05, 0) is 68.0 Å². The molecule has 1 aromatic carbocycles. The number of hydrogen-bond acceptors (Lipinski definition) is 3. The van der Waals surface area contributed by atoms with E-state index in [9.17, 15) is 4.79 Å². The van der Waals surface area contributed by atoms with Crippen LogP contribution in [0.5, 0.6) is 0 Å². The molecule has 2 fully saturated rings. The van der Waals surface area contributed by atoms with Gasteiger partial charge in [0, 0.05) is 37.9 Å². The Morgan fingerprint density at radius 2 is 1.65 bits per heavy atom. The molecule has 0 radical (unpaired) electrons. The van der Waals surface area contributed by atoms with Gasteiger partial charge in [-0.25, -0.2) is 0 Å². The second-order valence-corrected chi connectivity index (χ2v) is 7.87. The molecule has 4 nitrogen and oxygen atoms in total. The van der Waals surface area contributed by atoms with Crippen LogP contribution in [-0.4, -0.2) is 50.6 Å². The van der Waals surface area contributed by atoms with Gasteiger partial charge in [0.2, 0.25) is 0 Å². The summed E-state index contributed by atoms with van der Waals surface area (Å²) in [5.74, 6) is 2.34. The first kappa shape index (κ1) is 23.1. The third-order valence-electron chi connectivity index (χ3n) is 5.50. The molecule has 2 saturated heterocycles. The lowest BCUT2D eigenvalue weighted by Gasteiger charge is -2.23. The average molecular weight is 402 g/mol. The maximum absolute atomic E-state index is 12.8. The minimum Gasteiger partial charge on any atom is -0.374 e. The van der Waals surface area contributed by atoms with Crippen molar-refractivity contribution in [1.29, 1.82) is 0 Å². The maximum Gasteiger partial charge on any atom is 0.253 e. The van der Waals surface area contributed by atoms with Gasteiger partial charge in [-0.2, -0.15) is 0 Å². The van der Waals surface area contributed by atoms with Crippen molar-refractivity contribution < 1.29 is 4.79 Å². The van der Waals surface area contributed by atoms with E-state index in [1.807, 2.05) is 12.1 Å². The van der Waals surface area contributed by atoms with Crippen molar-refractivity contribution in [2.45, 2.75) is 26.7 Å². The highest BCUT2D eigenvalue weighted by Crippen LogP contribution is 2.28. The fourth-order valence-corrected chi connectivity index (χ4v) is 4.12. The number of amides is 1. The van der Waals surface area contributed by atoms with Crippen LogP contribution in [-0.2, 0) is 0 Å². The van der Waals surface area contributed by atoms with E-state index in [1.54, 1.807) is 0 Å².